The van der Waals surface area contributed by atoms with Crippen molar-refractivity contribution in [2.24, 2.45) is 0 Å². The average molecular weight is 250 g/mol. The van der Waals surface area contributed by atoms with E-state index in [0.717, 1.165) is 0 Å². The Kier molecular flexibility index (Phi) is 2.60. The number of fused-ring (bicyclic) bond motifs is 3. The van der Waals surface area contributed by atoms with Crippen LogP contribution in [0.2, 0.25) is 0 Å². The Bertz CT molecular complexity index is 562. The highest BCUT2D eigenvalue weighted by molar-refractivity contribution is 5.74. The molecule has 0 bridgehead atoms. The summed E-state index contributed by atoms with van der Waals surface area (Å²) in [7, 11) is 0. The Morgan fingerprint density at radius 3 is 1.42 bits per heavy atom. The van der Waals surface area contributed by atoms with Gasteiger partial charge in [-0.1, -0.05) is 76.2 Å². The summed E-state index contributed by atoms with van der Waals surface area (Å²) < 4.78 is 0. The van der Waals surface area contributed by atoms with Crippen molar-refractivity contribution in [1.82, 2.24) is 0 Å². The molecule has 98 valence electrons. The monoisotopic (exact) mass is 250 g/mol. The third-order valence-corrected chi connectivity index (χ3v) is 4.49. The van der Waals surface area contributed by atoms with Crippen molar-refractivity contribution in [2.75, 3.05) is 0 Å². The third-order valence-electron chi connectivity index (χ3n) is 4.49. The van der Waals surface area contributed by atoms with Gasteiger partial charge in [0.15, 0.2) is 0 Å². The zero-order valence-corrected chi connectivity index (χ0v) is 12.3. The van der Waals surface area contributed by atoms with Crippen molar-refractivity contribution < 1.29 is 0 Å². The van der Waals surface area contributed by atoms with Crippen LogP contribution in [-0.2, 0) is 10.8 Å². The Labute approximate surface area is 116 Å². The van der Waals surface area contributed by atoms with Gasteiger partial charge in [-0.3, -0.25) is 0 Å². The topological polar surface area (TPSA) is 0 Å². The molecule has 0 spiro atoms. The molecule has 0 saturated heterocycles. The van der Waals surface area contributed by atoms with Gasteiger partial charge < -0.3 is 0 Å². The van der Waals surface area contributed by atoms with Crippen LogP contribution in [-0.4, -0.2) is 0 Å². The lowest BCUT2D eigenvalue weighted by atomic mass is 9.70. The third kappa shape index (κ3) is 1.90. The van der Waals surface area contributed by atoms with Gasteiger partial charge in [0.05, 0.1) is 0 Å². The van der Waals surface area contributed by atoms with E-state index >= 15 is 0 Å². The summed E-state index contributed by atoms with van der Waals surface area (Å²) in [5.41, 5.74) is 6.20. The van der Waals surface area contributed by atoms with Gasteiger partial charge in [-0.05, 0) is 39.5 Å². The number of hydrogen-bond donors (Lipinski definition) is 0. The van der Waals surface area contributed by atoms with Crippen molar-refractivity contribution >= 4 is 0 Å². The molecule has 0 N–H and O–H groups in total. The maximum Gasteiger partial charge on any atom is -0.00891 e. The molecular formula is C19H22. The normalized spacial score (nSPS) is 19.2. The second-order valence-corrected chi connectivity index (χ2v) is 7.04. The molecule has 0 unspecified atom stereocenters. The molecule has 0 aliphatic heterocycles. The van der Waals surface area contributed by atoms with E-state index in [1.165, 1.54) is 28.7 Å². The van der Waals surface area contributed by atoms with Gasteiger partial charge in [0, 0.05) is 0 Å². The molecule has 0 atom stereocenters. The van der Waals surface area contributed by atoms with Crippen molar-refractivity contribution in [3.05, 3.63) is 59.7 Å². The van der Waals surface area contributed by atoms with Crippen LogP contribution < -0.4 is 0 Å². The first-order chi connectivity index (χ1) is 8.92. The van der Waals surface area contributed by atoms with Crippen LogP contribution in [0.1, 0.15) is 45.2 Å². The highest BCUT2D eigenvalue weighted by atomic mass is 14.4. The Morgan fingerprint density at radius 1 is 0.632 bits per heavy atom. The van der Waals surface area contributed by atoms with Crippen molar-refractivity contribution in [2.45, 2.75) is 44.9 Å². The van der Waals surface area contributed by atoms with E-state index in [2.05, 4.69) is 76.2 Å². The van der Waals surface area contributed by atoms with Crippen molar-refractivity contribution in [1.29, 1.82) is 0 Å². The van der Waals surface area contributed by atoms with E-state index in [4.69, 9.17) is 0 Å². The fraction of sp³-hybridized carbons (Fsp3) is 0.368. The predicted octanol–water partition coefficient (Wildman–Crippen LogP) is 5.31. The Morgan fingerprint density at radius 2 is 1.00 bits per heavy atom. The van der Waals surface area contributed by atoms with Crippen molar-refractivity contribution in [3.63, 3.8) is 0 Å². The molecule has 0 amide bonds. The van der Waals surface area contributed by atoms with E-state index in [1.54, 1.807) is 0 Å². The summed E-state index contributed by atoms with van der Waals surface area (Å²) >= 11 is 0. The molecule has 2 aromatic rings. The standard InChI is InChI=1S/C19H22/c1-18(2)13-19(3,4)17-12-8-6-10-15(17)14-9-5-7-11-16(14)18/h5-12H,13H2,1-4H3. The smallest absolute Gasteiger partial charge is 0.00891 e. The van der Waals surface area contributed by atoms with E-state index in [1.807, 2.05) is 0 Å². The second-order valence-electron chi connectivity index (χ2n) is 7.04. The molecule has 0 aromatic heterocycles. The van der Waals surface area contributed by atoms with Crippen LogP contribution >= 0.6 is 0 Å². The van der Waals surface area contributed by atoms with Crippen LogP contribution in [0.5, 0.6) is 0 Å². The second kappa shape index (κ2) is 3.96. The van der Waals surface area contributed by atoms with E-state index in [9.17, 15) is 0 Å². The Balaban J connectivity index is 2.38. The fourth-order valence-electron chi connectivity index (χ4n) is 3.91. The summed E-state index contributed by atoms with van der Waals surface area (Å²) in [6, 6.07) is 17.8. The van der Waals surface area contributed by atoms with Gasteiger partial charge in [-0.25, -0.2) is 0 Å². The van der Waals surface area contributed by atoms with Crippen LogP contribution in [0.3, 0.4) is 0 Å². The first-order valence-electron chi connectivity index (χ1n) is 7.11. The number of benzene rings is 2. The largest absolute Gasteiger partial charge is 0.0619 e. The maximum absolute atomic E-state index is 2.37. The molecular weight excluding hydrogens is 228 g/mol. The maximum atomic E-state index is 2.37. The molecule has 0 saturated carbocycles. The molecule has 0 nitrogen and oxygen atoms in total. The lowest BCUT2D eigenvalue weighted by Crippen LogP contribution is -2.28. The molecule has 2 aromatic carbocycles. The summed E-state index contributed by atoms with van der Waals surface area (Å²) in [5.74, 6) is 0. The summed E-state index contributed by atoms with van der Waals surface area (Å²) in [6.07, 6.45) is 1.17. The van der Waals surface area contributed by atoms with Crippen LogP contribution in [0.15, 0.2) is 48.5 Å². The van der Waals surface area contributed by atoms with Crippen LogP contribution in [0.25, 0.3) is 11.1 Å². The number of hydrogen-bond acceptors (Lipinski definition) is 0. The van der Waals surface area contributed by atoms with Gasteiger partial charge in [-0.15, -0.1) is 0 Å². The fourth-order valence-corrected chi connectivity index (χ4v) is 3.91. The first kappa shape index (κ1) is 12.5. The molecule has 1 aliphatic carbocycles. The molecule has 0 fully saturated rings. The zero-order chi connectivity index (χ0) is 13.7. The minimum atomic E-state index is 0.207. The average Bonchev–Trinajstić information content (AvgIpc) is 2.43. The number of rotatable bonds is 0. The summed E-state index contributed by atoms with van der Waals surface area (Å²) in [5, 5.41) is 0. The molecule has 3 rings (SSSR count). The van der Waals surface area contributed by atoms with Gasteiger partial charge in [0.1, 0.15) is 0 Å². The van der Waals surface area contributed by atoms with Crippen LogP contribution in [0.4, 0.5) is 0 Å². The van der Waals surface area contributed by atoms with E-state index in [-0.39, 0.29) is 10.8 Å². The van der Waals surface area contributed by atoms with E-state index in [0.29, 0.717) is 0 Å². The summed E-state index contributed by atoms with van der Waals surface area (Å²) in [6.45, 7) is 9.50. The predicted molar refractivity (Wildman–Crippen MR) is 82.5 cm³/mol. The molecule has 0 heterocycles. The highest BCUT2D eigenvalue weighted by Crippen LogP contribution is 2.48. The van der Waals surface area contributed by atoms with Gasteiger partial charge in [0.2, 0.25) is 0 Å². The summed E-state index contributed by atoms with van der Waals surface area (Å²) in [4.78, 5) is 0. The lowest BCUT2D eigenvalue weighted by molar-refractivity contribution is 0.355. The van der Waals surface area contributed by atoms with Crippen LogP contribution in [0, 0.1) is 0 Å². The van der Waals surface area contributed by atoms with Gasteiger partial charge in [0.25, 0.3) is 0 Å². The first-order valence-corrected chi connectivity index (χ1v) is 7.11. The van der Waals surface area contributed by atoms with E-state index < -0.39 is 0 Å². The SMILES string of the molecule is CC1(C)CC(C)(C)c2ccccc2-c2ccccc21. The molecule has 19 heavy (non-hydrogen) atoms. The minimum absolute atomic E-state index is 0.207. The lowest BCUT2D eigenvalue weighted by Gasteiger charge is -2.33. The van der Waals surface area contributed by atoms with Gasteiger partial charge >= 0.3 is 0 Å². The van der Waals surface area contributed by atoms with Crippen molar-refractivity contribution in [3.8, 4) is 11.1 Å². The molecule has 1 aliphatic rings. The van der Waals surface area contributed by atoms with Gasteiger partial charge in [-0.2, -0.15) is 0 Å². The Hall–Kier alpha value is -1.56. The molecule has 0 heteroatoms. The zero-order valence-electron chi connectivity index (χ0n) is 12.3. The quantitative estimate of drug-likeness (QED) is 0.594. The highest BCUT2D eigenvalue weighted by Gasteiger charge is 2.37. The molecule has 0 radical (unpaired) electrons. The minimum Gasteiger partial charge on any atom is -0.0619 e.